The van der Waals surface area contributed by atoms with Gasteiger partial charge in [0.2, 0.25) is 0 Å². The van der Waals surface area contributed by atoms with Crippen molar-refractivity contribution in [1.29, 1.82) is 0 Å². The van der Waals surface area contributed by atoms with Crippen LogP contribution in [0, 0.1) is 0 Å². The normalized spacial score (nSPS) is 16.3. The molecule has 192 valence electrons. The Hall–Kier alpha value is -2.47. The molecule has 0 aliphatic carbocycles. The number of benzene rings is 1. The minimum atomic E-state index is -4.75. The number of aromatic nitrogens is 2. The van der Waals surface area contributed by atoms with E-state index in [1.54, 1.807) is 30.3 Å². The van der Waals surface area contributed by atoms with E-state index in [1.807, 2.05) is 0 Å². The van der Waals surface area contributed by atoms with Gasteiger partial charge >= 0.3 is 12.3 Å². The first-order valence-electron chi connectivity index (χ1n) is 10.9. The predicted molar refractivity (Wildman–Crippen MR) is 123 cm³/mol. The number of carbonyl (C=O) groups excluding carboxylic acids is 1. The molecule has 35 heavy (non-hydrogen) atoms. The summed E-state index contributed by atoms with van der Waals surface area (Å²) in [5.41, 5.74) is -4.04. The lowest BCUT2D eigenvalue weighted by molar-refractivity contribution is -0.330. The summed E-state index contributed by atoms with van der Waals surface area (Å²) >= 11 is 3.31. The fourth-order valence-corrected chi connectivity index (χ4v) is 3.76. The molecule has 2 aromatic rings. The second-order valence-corrected chi connectivity index (χ2v) is 9.67. The highest BCUT2D eigenvalue weighted by molar-refractivity contribution is 9.10. The van der Waals surface area contributed by atoms with Gasteiger partial charge in [0.05, 0.1) is 13.2 Å². The molecule has 1 aromatic heterocycles. The lowest BCUT2D eigenvalue weighted by Crippen LogP contribution is -2.64. The molecule has 1 aliphatic rings. The molecule has 7 nitrogen and oxygen atoms in total. The summed E-state index contributed by atoms with van der Waals surface area (Å²) in [6.45, 7) is 5.00. The fourth-order valence-electron chi connectivity index (χ4n) is 3.37. The van der Waals surface area contributed by atoms with Crippen molar-refractivity contribution in [2.24, 2.45) is 0 Å². The van der Waals surface area contributed by atoms with E-state index < -0.39 is 36.8 Å². The summed E-state index contributed by atoms with van der Waals surface area (Å²) in [6, 6.07) is 6.62. The van der Waals surface area contributed by atoms with Gasteiger partial charge in [-0.15, -0.1) is 6.58 Å². The number of carbonyl (C=O) groups is 1. The van der Waals surface area contributed by atoms with E-state index in [1.165, 1.54) is 13.8 Å². The van der Waals surface area contributed by atoms with E-state index in [0.29, 0.717) is 35.2 Å². The molecule has 3 rings (SSSR count). The average molecular weight is 564 g/mol. The fraction of sp³-hybridized carbons (Fsp3) is 0.522. The van der Waals surface area contributed by atoms with E-state index in [4.69, 9.17) is 14.0 Å². The zero-order chi connectivity index (χ0) is 25.9. The molecular formula is C23H26BrF4N3O4. The van der Waals surface area contributed by atoms with Crippen LogP contribution in [0.4, 0.5) is 28.0 Å². The van der Waals surface area contributed by atoms with Crippen LogP contribution in [0.2, 0.25) is 0 Å². The van der Waals surface area contributed by atoms with Crippen molar-refractivity contribution in [3.8, 4) is 0 Å². The Kier molecular flexibility index (Phi) is 8.25. The van der Waals surface area contributed by atoms with Crippen molar-refractivity contribution < 1.29 is 36.4 Å². The lowest BCUT2D eigenvalue weighted by atomic mass is 10.0. The molecule has 12 heteroatoms. The van der Waals surface area contributed by atoms with Gasteiger partial charge < -0.3 is 14.0 Å². The summed E-state index contributed by atoms with van der Waals surface area (Å²) < 4.78 is 69.7. The van der Waals surface area contributed by atoms with Gasteiger partial charge in [0.15, 0.2) is 11.5 Å². The van der Waals surface area contributed by atoms with Gasteiger partial charge in [-0.25, -0.2) is 9.18 Å². The number of halogens is 5. The van der Waals surface area contributed by atoms with Gasteiger partial charge in [-0.2, -0.15) is 18.2 Å². The van der Waals surface area contributed by atoms with Crippen LogP contribution in [0.1, 0.15) is 50.7 Å². The van der Waals surface area contributed by atoms with Crippen LogP contribution >= 0.6 is 15.9 Å². The molecular weight excluding hydrogens is 538 g/mol. The van der Waals surface area contributed by atoms with Gasteiger partial charge in [0, 0.05) is 22.6 Å². The minimum Gasteiger partial charge on any atom is -0.428 e. The Morgan fingerprint density at radius 2 is 2.03 bits per heavy atom. The first-order valence-corrected chi connectivity index (χ1v) is 11.7. The molecule has 1 amide bonds. The van der Waals surface area contributed by atoms with E-state index in [2.05, 4.69) is 32.6 Å². The number of allylic oxidation sites excluding steroid dienone is 1. The summed E-state index contributed by atoms with van der Waals surface area (Å²) in [5, 5.41) is 3.83. The number of hydrogen-bond donors (Lipinski definition) is 0. The van der Waals surface area contributed by atoms with Gasteiger partial charge in [-0.1, -0.05) is 39.6 Å². The third kappa shape index (κ3) is 6.40. The van der Waals surface area contributed by atoms with Crippen LogP contribution in [0.15, 0.2) is 45.9 Å². The molecule has 1 fully saturated rings. The zero-order valence-corrected chi connectivity index (χ0v) is 20.9. The smallest absolute Gasteiger partial charge is 0.428 e. The van der Waals surface area contributed by atoms with E-state index >= 15 is 0 Å². The van der Waals surface area contributed by atoms with Crippen LogP contribution in [-0.4, -0.2) is 47.8 Å². The van der Waals surface area contributed by atoms with Crippen molar-refractivity contribution >= 4 is 27.7 Å². The molecule has 0 saturated carbocycles. The molecule has 1 unspecified atom stereocenters. The van der Waals surface area contributed by atoms with Gasteiger partial charge in [-0.3, -0.25) is 4.90 Å². The maximum absolute atomic E-state index is 14.0. The lowest BCUT2D eigenvalue weighted by Gasteiger charge is -2.42. The molecule has 0 bridgehead atoms. The quantitative estimate of drug-likeness (QED) is 0.188. The third-order valence-corrected chi connectivity index (χ3v) is 6.02. The number of alkyl halides is 4. The number of amides is 1. The number of anilines is 1. The maximum Gasteiger partial charge on any atom is 0.433 e. The number of hydrogen-bond acceptors (Lipinski definition) is 6. The Balaban J connectivity index is 1.66. The van der Waals surface area contributed by atoms with Crippen LogP contribution in [-0.2, 0) is 15.1 Å². The largest absolute Gasteiger partial charge is 0.433 e. The standard InChI is InChI=1S/C23H26BrF4N3O4/c1-4-15(18-29-19(35-30-18)21(2,3)25)8-5-6-11-31(17-10-7-9-16(24)12-17)20(32)34-22(13-33-14-22)23(26,27)28/h4,7,9-10,12,15H,1,5-6,8,11,13-14H2,2-3H3. The molecule has 0 N–H and O–H groups in total. The second kappa shape index (κ2) is 10.7. The highest BCUT2D eigenvalue weighted by atomic mass is 79.9. The molecule has 1 aromatic carbocycles. The van der Waals surface area contributed by atoms with E-state index in [-0.39, 0.29) is 18.4 Å². The average Bonchev–Trinajstić information content (AvgIpc) is 3.23. The SMILES string of the molecule is C=CC(CCCCN(C(=O)OC1(C(F)(F)F)COC1)c1cccc(Br)c1)c1noc(C(C)(C)F)n1. The molecule has 1 saturated heterocycles. The monoisotopic (exact) mass is 563 g/mol. The zero-order valence-electron chi connectivity index (χ0n) is 19.3. The topological polar surface area (TPSA) is 77.7 Å². The highest BCUT2D eigenvalue weighted by Gasteiger charge is 2.64. The van der Waals surface area contributed by atoms with Crippen LogP contribution in [0.25, 0.3) is 0 Å². The second-order valence-electron chi connectivity index (χ2n) is 8.75. The molecule has 0 radical (unpaired) electrons. The van der Waals surface area contributed by atoms with E-state index in [9.17, 15) is 22.4 Å². The van der Waals surface area contributed by atoms with E-state index in [0.717, 1.165) is 4.90 Å². The van der Waals surface area contributed by atoms with Gasteiger partial charge in [0.1, 0.15) is 0 Å². The minimum absolute atomic E-state index is 0.100. The third-order valence-electron chi connectivity index (χ3n) is 5.52. The Morgan fingerprint density at radius 3 is 2.54 bits per heavy atom. The molecule has 0 spiro atoms. The van der Waals surface area contributed by atoms with Crippen molar-refractivity contribution in [3.05, 3.63) is 53.1 Å². The first kappa shape index (κ1) is 27.1. The highest BCUT2D eigenvalue weighted by Crippen LogP contribution is 2.40. The van der Waals surface area contributed by atoms with Crippen molar-refractivity contribution in [2.45, 2.75) is 56.5 Å². The maximum atomic E-state index is 14.0. The summed E-state index contributed by atoms with van der Waals surface area (Å²) in [4.78, 5) is 18.1. The van der Waals surface area contributed by atoms with Crippen LogP contribution in [0.5, 0.6) is 0 Å². The Morgan fingerprint density at radius 1 is 1.31 bits per heavy atom. The van der Waals surface area contributed by atoms with Crippen molar-refractivity contribution in [1.82, 2.24) is 10.1 Å². The molecule has 2 heterocycles. The number of nitrogens with zero attached hydrogens (tertiary/aromatic N) is 3. The molecule has 1 atom stereocenters. The van der Waals surface area contributed by atoms with Crippen molar-refractivity contribution in [2.75, 3.05) is 24.7 Å². The van der Waals surface area contributed by atoms with Gasteiger partial charge in [0.25, 0.3) is 11.5 Å². The Labute approximate surface area is 208 Å². The number of rotatable bonds is 10. The number of ether oxygens (including phenoxy) is 2. The van der Waals surface area contributed by atoms with Crippen LogP contribution < -0.4 is 4.90 Å². The van der Waals surface area contributed by atoms with Crippen LogP contribution in [0.3, 0.4) is 0 Å². The molecule has 1 aliphatic heterocycles. The first-order chi connectivity index (χ1) is 16.4. The summed E-state index contributed by atoms with van der Waals surface area (Å²) in [7, 11) is 0. The number of unbranched alkanes of at least 4 members (excludes halogenated alkanes) is 1. The Bertz CT molecular complexity index is 1030. The predicted octanol–water partition coefficient (Wildman–Crippen LogP) is 6.45. The summed E-state index contributed by atoms with van der Waals surface area (Å²) in [6.07, 6.45) is -2.76. The van der Waals surface area contributed by atoms with Crippen molar-refractivity contribution in [3.63, 3.8) is 0 Å². The van der Waals surface area contributed by atoms with Gasteiger partial charge in [-0.05, 0) is 44.9 Å². The summed E-state index contributed by atoms with van der Waals surface area (Å²) in [5.74, 6) is -0.163.